The minimum absolute atomic E-state index is 0. The average molecular weight is 154 g/mol. The topological polar surface area (TPSA) is 84.6 Å². The van der Waals surface area contributed by atoms with E-state index in [0.717, 1.165) is 0 Å². The Morgan fingerprint density at radius 1 is 1.78 bits per heavy atom. The Morgan fingerprint density at radius 2 is 2.22 bits per heavy atom. The molecule has 1 unspecified atom stereocenters. The lowest BCUT2D eigenvalue weighted by atomic mass is 10.2. The maximum Gasteiger partial charge on any atom is 0.156 e. The highest BCUT2D eigenvalue weighted by molar-refractivity contribution is 5.85. The lowest BCUT2D eigenvalue weighted by Crippen LogP contribution is -2.35. The van der Waals surface area contributed by atoms with Gasteiger partial charge >= 0.3 is 0 Å². The van der Waals surface area contributed by atoms with Gasteiger partial charge in [-0.1, -0.05) is 12.1 Å². The van der Waals surface area contributed by atoms with E-state index in [2.05, 4.69) is 5.16 Å². The summed E-state index contributed by atoms with van der Waals surface area (Å²) >= 11 is 0. The van der Waals surface area contributed by atoms with Crippen LogP contribution < -0.4 is 11.5 Å². The van der Waals surface area contributed by atoms with Crippen LogP contribution in [0.3, 0.4) is 0 Å². The van der Waals surface area contributed by atoms with E-state index >= 15 is 0 Å². The molecule has 4 nitrogen and oxygen atoms in total. The first-order valence-corrected chi connectivity index (χ1v) is 2.45. The first kappa shape index (κ1) is 11.3. The summed E-state index contributed by atoms with van der Waals surface area (Å²) in [7, 11) is 0. The molecule has 0 aliphatic rings. The van der Waals surface area contributed by atoms with E-state index in [1.54, 1.807) is 0 Å². The second kappa shape index (κ2) is 5.65. The van der Waals surface area contributed by atoms with E-state index in [4.69, 9.17) is 16.7 Å². The molecule has 0 saturated carbocycles. The maximum atomic E-state index is 8.02. The Kier molecular flexibility index (Phi) is 7.12. The van der Waals surface area contributed by atoms with Gasteiger partial charge in [0.25, 0.3) is 0 Å². The third kappa shape index (κ3) is 4.05. The molecule has 0 radical (unpaired) electrons. The standard InChI is InChI=1S/C4H11N3O.ClH/c1-2-3(5)4(6)7-8;/h3,8H,2,5H2,1H3,(H2,6,7);1H. The molecule has 1 atom stereocenters. The zero-order valence-electron chi connectivity index (χ0n) is 5.24. The molecule has 0 aromatic carbocycles. The van der Waals surface area contributed by atoms with Crippen molar-refractivity contribution in [2.45, 2.75) is 19.4 Å². The fraction of sp³-hybridized carbons (Fsp3) is 0.750. The molecule has 0 aromatic rings. The monoisotopic (exact) mass is 153 g/mol. The molecule has 9 heavy (non-hydrogen) atoms. The molecule has 0 bridgehead atoms. The number of hydrogen-bond acceptors (Lipinski definition) is 3. The number of amidine groups is 1. The molecular formula is C4H12ClN3O. The van der Waals surface area contributed by atoms with E-state index in [9.17, 15) is 0 Å². The third-order valence-corrected chi connectivity index (χ3v) is 0.935. The SMILES string of the molecule is CCC(N)/C(N)=N/O.Cl. The molecule has 0 aliphatic heterocycles. The van der Waals surface area contributed by atoms with E-state index in [1.807, 2.05) is 6.92 Å². The molecule has 0 amide bonds. The fourth-order valence-corrected chi connectivity index (χ4v) is 0.283. The number of nitrogens with zero attached hydrogens (tertiary/aromatic N) is 1. The minimum atomic E-state index is -0.306. The van der Waals surface area contributed by atoms with E-state index in [0.29, 0.717) is 6.42 Å². The highest BCUT2D eigenvalue weighted by Gasteiger charge is 2.01. The molecule has 5 heteroatoms. The first-order chi connectivity index (χ1) is 3.72. The van der Waals surface area contributed by atoms with Crippen molar-refractivity contribution in [3.8, 4) is 0 Å². The largest absolute Gasteiger partial charge is 0.409 e. The van der Waals surface area contributed by atoms with Gasteiger partial charge in [0, 0.05) is 0 Å². The van der Waals surface area contributed by atoms with Crippen molar-refractivity contribution in [3.05, 3.63) is 0 Å². The van der Waals surface area contributed by atoms with Crippen LogP contribution in [-0.4, -0.2) is 17.1 Å². The summed E-state index contributed by atoms with van der Waals surface area (Å²) in [5.74, 6) is 0.0903. The summed E-state index contributed by atoms with van der Waals surface area (Å²) in [6.45, 7) is 1.86. The summed E-state index contributed by atoms with van der Waals surface area (Å²) in [5, 5.41) is 10.7. The van der Waals surface area contributed by atoms with Gasteiger partial charge in [0.2, 0.25) is 0 Å². The Hall–Kier alpha value is -0.480. The van der Waals surface area contributed by atoms with Crippen molar-refractivity contribution in [2.24, 2.45) is 16.6 Å². The van der Waals surface area contributed by atoms with Gasteiger partial charge in [0.05, 0.1) is 6.04 Å². The van der Waals surface area contributed by atoms with Crippen molar-refractivity contribution in [1.29, 1.82) is 0 Å². The maximum absolute atomic E-state index is 8.02. The molecule has 5 N–H and O–H groups in total. The van der Waals surface area contributed by atoms with Gasteiger partial charge in [0.15, 0.2) is 5.84 Å². The Morgan fingerprint density at radius 3 is 2.33 bits per heavy atom. The zero-order valence-corrected chi connectivity index (χ0v) is 6.06. The van der Waals surface area contributed by atoms with Gasteiger partial charge in [-0.05, 0) is 6.42 Å². The zero-order chi connectivity index (χ0) is 6.57. The average Bonchev–Trinajstić information content (AvgIpc) is 1.84. The van der Waals surface area contributed by atoms with Crippen LogP contribution in [0.15, 0.2) is 5.16 Å². The van der Waals surface area contributed by atoms with Gasteiger partial charge in [-0.15, -0.1) is 12.4 Å². The summed E-state index contributed by atoms with van der Waals surface area (Å²) in [4.78, 5) is 0. The van der Waals surface area contributed by atoms with Gasteiger partial charge < -0.3 is 16.7 Å². The van der Waals surface area contributed by atoms with Crippen LogP contribution in [0.1, 0.15) is 13.3 Å². The van der Waals surface area contributed by atoms with Crippen LogP contribution in [0.2, 0.25) is 0 Å². The van der Waals surface area contributed by atoms with E-state index in [1.165, 1.54) is 0 Å². The highest BCUT2D eigenvalue weighted by Crippen LogP contribution is 1.83. The quantitative estimate of drug-likeness (QED) is 0.224. The Labute approximate surface area is 60.3 Å². The Balaban J connectivity index is 0. The van der Waals surface area contributed by atoms with Gasteiger partial charge in [-0.25, -0.2) is 0 Å². The van der Waals surface area contributed by atoms with Crippen LogP contribution in [0, 0.1) is 0 Å². The smallest absolute Gasteiger partial charge is 0.156 e. The van der Waals surface area contributed by atoms with E-state index < -0.39 is 0 Å². The van der Waals surface area contributed by atoms with Crippen LogP contribution in [0.5, 0.6) is 0 Å². The highest BCUT2D eigenvalue weighted by atomic mass is 35.5. The van der Waals surface area contributed by atoms with Crippen molar-refractivity contribution in [2.75, 3.05) is 0 Å². The molecule has 56 valence electrons. The number of rotatable bonds is 2. The number of halogens is 1. The second-order valence-corrected chi connectivity index (χ2v) is 1.54. The fourth-order valence-electron chi connectivity index (χ4n) is 0.283. The Bertz CT molecular complexity index is 95.8. The third-order valence-electron chi connectivity index (χ3n) is 0.935. The molecule has 0 fully saturated rings. The van der Waals surface area contributed by atoms with Crippen molar-refractivity contribution >= 4 is 18.2 Å². The molecule has 0 aliphatic carbocycles. The van der Waals surface area contributed by atoms with Crippen LogP contribution in [0.4, 0.5) is 0 Å². The molecule has 0 aromatic heterocycles. The van der Waals surface area contributed by atoms with Gasteiger partial charge in [-0.2, -0.15) is 0 Å². The van der Waals surface area contributed by atoms with E-state index in [-0.39, 0.29) is 24.3 Å². The summed E-state index contributed by atoms with van der Waals surface area (Å²) in [5.41, 5.74) is 10.4. The lowest BCUT2D eigenvalue weighted by molar-refractivity contribution is 0.315. The number of oxime groups is 1. The van der Waals surface area contributed by atoms with Crippen molar-refractivity contribution in [3.63, 3.8) is 0 Å². The molecule has 0 heterocycles. The normalized spacial score (nSPS) is 14.2. The van der Waals surface area contributed by atoms with Gasteiger partial charge in [0.1, 0.15) is 0 Å². The van der Waals surface area contributed by atoms with Crippen LogP contribution >= 0.6 is 12.4 Å². The molecular weight excluding hydrogens is 142 g/mol. The lowest BCUT2D eigenvalue weighted by Gasteiger charge is -2.03. The number of hydrogen-bond donors (Lipinski definition) is 3. The summed E-state index contributed by atoms with van der Waals surface area (Å²) in [6, 6.07) is -0.306. The number of nitrogens with two attached hydrogens (primary N) is 2. The minimum Gasteiger partial charge on any atom is -0.409 e. The van der Waals surface area contributed by atoms with Crippen molar-refractivity contribution < 1.29 is 5.21 Å². The summed E-state index contributed by atoms with van der Waals surface area (Å²) in [6.07, 6.45) is 0.690. The van der Waals surface area contributed by atoms with Crippen molar-refractivity contribution in [1.82, 2.24) is 0 Å². The molecule has 0 rings (SSSR count). The summed E-state index contributed by atoms with van der Waals surface area (Å²) < 4.78 is 0. The van der Waals surface area contributed by atoms with Gasteiger partial charge in [-0.3, -0.25) is 0 Å². The molecule has 0 saturated heterocycles. The van der Waals surface area contributed by atoms with Crippen LogP contribution in [-0.2, 0) is 0 Å². The predicted molar refractivity (Wildman–Crippen MR) is 38.9 cm³/mol. The first-order valence-electron chi connectivity index (χ1n) is 2.45. The molecule has 0 spiro atoms. The van der Waals surface area contributed by atoms with Crippen LogP contribution in [0.25, 0.3) is 0 Å². The second-order valence-electron chi connectivity index (χ2n) is 1.54. The predicted octanol–water partition coefficient (Wildman–Crippen LogP) is -0.108.